The summed E-state index contributed by atoms with van der Waals surface area (Å²) in [6, 6.07) is 0. The highest BCUT2D eigenvalue weighted by Crippen LogP contribution is 2.37. The fourth-order valence-corrected chi connectivity index (χ4v) is 2.72. The standard InChI is InChI=1S/C14H23NO3/c1-3-18-14(17)12-5-4-8-15(9-12)13(16)10(2)11-6-7-11/h10-12H,3-9H2,1-2H3/t10?,12-/m1/s1. The van der Waals surface area contributed by atoms with E-state index in [1.54, 1.807) is 0 Å². The van der Waals surface area contributed by atoms with Gasteiger partial charge in [-0.25, -0.2) is 0 Å². The molecule has 1 unspecified atom stereocenters. The fourth-order valence-electron chi connectivity index (χ4n) is 2.72. The number of hydrogen-bond donors (Lipinski definition) is 0. The highest BCUT2D eigenvalue weighted by Gasteiger charge is 2.37. The molecule has 2 atom stereocenters. The van der Waals surface area contributed by atoms with Gasteiger partial charge in [-0.3, -0.25) is 9.59 Å². The van der Waals surface area contributed by atoms with Gasteiger partial charge >= 0.3 is 5.97 Å². The van der Waals surface area contributed by atoms with Crippen molar-refractivity contribution in [2.24, 2.45) is 17.8 Å². The Morgan fingerprint density at radius 1 is 1.33 bits per heavy atom. The molecule has 1 heterocycles. The van der Waals surface area contributed by atoms with Gasteiger partial charge in [-0.2, -0.15) is 0 Å². The van der Waals surface area contributed by atoms with Crippen LogP contribution in [0.15, 0.2) is 0 Å². The van der Waals surface area contributed by atoms with Gasteiger partial charge in [0, 0.05) is 19.0 Å². The van der Waals surface area contributed by atoms with E-state index in [4.69, 9.17) is 4.74 Å². The Morgan fingerprint density at radius 2 is 2.06 bits per heavy atom. The Morgan fingerprint density at radius 3 is 2.67 bits per heavy atom. The molecule has 4 nitrogen and oxygen atoms in total. The van der Waals surface area contributed by atoms with E-state index in [0.29, 0.717) is 19.1 Å². The maximum Gasteiger partial charge on any atom is 0.310 e. The molecule has 102 valence electrons. The normalized spacial score (nSPS) is 25.7. The third kappa shape index (κ3) is 3.03. The van der Waals surface area contributed by atoms with E-state index in [2.05, 4.69) is 0 Å². The van der Waals surface area contributed by atoms with Crippen molar-refractivity contribution in [3.63, 3.8) is 0 Å². The molecule has 1 amide bonds. The summed E-state index contributed by atoms with van der Waals surface area (Å²) in [5.41, 5.74) is 0. The minimum Gasteiger partial charge on any atom is -0.466 e. The number of nitrogens with zero attached hydrogens (tertiary/aromatic N) is 1. The van der Waals surface area contributed by atoms with Gasteiger partial charge < -0.3 is 9.64 Å². The van der Waals surface area contributed by atoms with Crippen LogP contribution in [0.5, 0.6) is 0 Å². The largest absolute Gasteiger partial charge is 0.466 e. The van der Waals surface area contributed by atoms with Gasteiger partial charge in [0.2, 0.25) is 5.91 Å². The molecule has 4 heteroatoms. The Kier molecular flexibility index (Phi) is 4.25. The number of carbonyl (C=O) groups excluding carboxylic acids is 2. The lowest BCUT2D eigenvalue weighted by atomic mass is 9.96. The molecule has 0 aromatic heterocycles. The molecular formula is C14H23NO3. The Balaban J connectivity index is 1.89. The molecule has 0 spiro atoms. The van der Waals surface area contributed by atoms with Crippen LogP contribution in [0.25, 0.3) is 0 Å². The zero-order chi connectivity index (χ0) is 13.1. The minimum atomic E-state index is -0.144. The molecular weight excluding hydrogens is 230 g/mol. The van der Waals surface area contributed by atoms with Gasteiger partial charge in [0.15, 0.2) is 0 Å². The van der Waals surface area contributed by atoms with E-state index in [0.717, 1.165) is 19.4 Å². The Labute approximate surface area is 109 Å². The summed E-state index contributed by atoms with van der Waals surface area (Å²) in [4.78, 5) is 25.9. The Hall–Kier alpha value is -1.06. The van der Waals surface area contributed by atoms with Crippen molar-refractivity contribution in [1.29, 1.82) is 0 Å². The molecule has 2 rings (SSSR count). The third-order valence-corrected chi connectivity index (χ3v) is 4.07. The summed E-state index contributed by atoms with van der Waals surface area (Å²) >= 11 is 0. The molecule has 0 bridgehead atoms. The molecule has 1 aliphatic heterocycles. The van der Waals surface area contributed by atoms with Crippen LogP contribution in [-0.4, -0.2) is 36.5 Å². The quantitative estimate of drug-likeness (QED) is 0.718. The highest BCUT2D eigenvalue weighted by atomic mass is 16.5. The van der Waals surface area contributed by atoms with Gasteiger partial charge in [0.25, 0.3) is 0 Å². The number of esters is 1. The zero-order valence-corrected chi connectivity index (χ0v) is 11.4. The first-order chi connectivity index (χ1) is 8.63. The van der Waals surface area contributed by atoms with Gasteiger partial charge in [0.1, 0.15) is 0 Å². The molecule has 1 aliphatic carbocycles. The van der Waals surface area contributed by atoms with Crippen LogP contribution in [0.1, 0.15) is 39.5 Å². The van der Waals surface area contributed by atoms with Crippen molar-refractivity contribution in [3.8, 4) is 0 Å². The average Bonchev–Trinajstić information content (AvgIpc) is 3.22. The van der Waals surface area contributed by atoms with Gasteiger partial charge in [-0.1, -0.05) is 6.92 Å². The maximum absolute atomic E-state index is 12.3. The second-order valence-electron chi connectivity index (χ2n) is 5.50. The second-order valence-corrected chi connectivity index (χ2v) is 5.50. The van der Waals surface area contributed by atoms with E-state index >= 15 is 0 Å². The summed E-state index contributed by atoms with van der Waals surface area (Å²) in [6.07, 6.45) is 4.12. The zero-order valence-electron chi connectivity index (χ0n) is 11.4. The van der Waals surface area contributed by atoms with E-state index in [1.807, 2.05) is 18.7 Å². The molecule has 1 saturated heterocycles. The summed E-state index contributed by atoms with van der Waals surface area (Å²) in [6.45, 7) is 5.61. The topological polar surface area (TPSA) is 46.6 Å². The van der Waals surface area contributed by atoms with Crippen LogP contribution < -0.4 is 0 Å². The first-order valence-electron chi connectivity index (χ1n) is 7.09. The lowest BCUT2D eigenvalue weighted by molar-refractivity contribution is -0.152. The molecule has 0 N–H and O–H groups in total. The van der Waals surface area contributed by atoms with E-state index in [9.17, 15) is 9.59 Å². The minimum absolute atomic E-state index is 0.117. The van der Waals surface area contributed by atoms with Crippen LogP contribution in [0.2, 0.25) is 0 Å². The van der Waals surface area contributed by atoms with Crippen molar-refractivity contribution in [2.75, 3.05) is 19.7 Å². The van der Waals surface area contributed by atoms with E-state index < -0.39 is 0 Å². The van der Waals surface area contributed by atoms with E-state index in [1.165, 1.54) is 12.8 Å². The lowest BCUT2D eigenvalue weighted by Gasteiger charge is -2.33. The molecule has 1 saturated carbocycles. The molecule has 0 radical (unpaired) electrons. The van der Waals surface area contributed by atoms with Gasteiger partial charge in [-0.05, 0) is 38.5 Å². The van der Waals surface area contributed by atoms with Crippen LogP contribution in [0.4, 0.5) is 0 Å². The summed E-state index contributed by atoms with van der Waals surface area (Å²) in [5, 5.41) is 0. The first-order valence-corrected chi connectivity index (χ1v) is 7.09. The molecule has 0 aromatic carbocycles. The molecule has 2 fully saturated rings. The van der Waals surface area contributed by atoms with Crippen molar-refractivity contribution in [3.05, 3.63) is 0 Å². The highest BCUT2D eigenvalue weighted by molar-refractivity contribution is 5.80. The Bertz CT molecular complexity index is 325. The fraction of sp³-hybridized carbons (Fsp3) is 0.857. The molecule has 2 aliphatic rings. The van der Waals surface area contributed by atoms with Gasteiger partial charge in [-0.15, -0.1) is 0 Å². The van der Waals surface area contributed by atoms with Gasteiger partial charge in [0.05, 0.1) is 12.5 Å². The average molecular weight is 253 g/mol. The van der Waals surface area contributed by atoms with Crippen molar-refractivity contribution < 1.29 is 14.3 Å². The number of ether oxygens (including phenoxy) is 1. The number of amides is 1. The predicted molar refractivity (Wildman–Crippen MR) is 67.8 cm³/mol. The maximum atomic E-state index is 12.3. The summed E-state index contributed by atoms with van der Waals surface area (Å²) in [5.74, 6) is 0.682. The van der Waals surface area contributed by atoms with Crippen LogP contribution >= 0.6 is 0 Å². The third-order valence-electron chi connectivity index (χ3n) is 4.07. The van der Waals surface area contributed by atoms with Crippen molar-refractivity contribution in [2.45, 2.75) is 39.5 Å². The predicted octanol–water partition coefficient (Wildman–Crippen LogP) is 1.83. The van der Waals surface area contributed by atoms with Crippen LogP contribution in [0, 0.1) is 17.8 Å². The number of piperidine rings is 1. The molecule has 0 aromatic rings. The SMILES string of the molecule is CCOC(=O)[C@@H]1CCCN(C(=O)C(C)C2CC2)C1. The van der Waals surface area contributed by atoms with Crippen LogP contribution in [0.3, 0.4) is 0 Å². The first kappa shape index (κ1) is 13.4. The molecule has 18 heavy (non-hydrogen) atoms. The van der Waals surface area contributed by atoms with Crippen molar-refractivity contribution in [1.82, 2.24) is 4.90 Å². The monoisotopic (exact) mass is 253 g/mol. The van der Waals surface area contributed by atoms with Crippen molar-refractivity contribution >= 4 is 11.9 Å². The number of hydrogen-bond acceptors (Lipinski definition) is 3. The second kappa shape index (κ2) is 5.72. The number of carbonyl (C=O) groups is 2. The summed E-state index contributed by atoms with van der Waals surface area (Å²) < 4.78 is 5.05. The smallest absolute Gasteiger partial charge is 0.310 e. The van der Waals surface area contributed by atoms with E-state index in [-0.39, 0.29) is 23.7 Å². The summed E-state index contributed by atoms with van der Waals surface area (Å²) in [7, 11) is 0. The number of rotatable bonds is 4. The lowest BCUT2D eigenvalue weighted by Crippen LogP contribution is -2.45. The number of likely N-dealkylation sites (tertiary alicyclic amines) is 1. The van der Waals surface area contributed by atoms with Crippen LogP contribution in [-0.2, 0) is 14.3 Å².